The summed E-state index contributed by atoms with van der Waals surface area (Å²) in [6, 6.07) is 52.1. The Morgan fingerprint density at radius 1 is 0.661 bits per heavy atom. The van der Waals surface area contributed by atoms with Gasteiger partial charge in [-0.2, -0.15) is 10.5 Å². The number of allylic oxidation sites excluding steroid dienone is 5. The molecule has 5 aromatic heterocycles. The first-order valence-electron chi connectivity index (χ1n) is 20.4. The molecule has 0 radical (unpaired) electrons. The lowest BCUT2D eigenvalue weighted by molar-refractivity contribution is 0.307. The standard InChI is InChI=1S/C54H36N6S2/c1-4-5-29-58(3)54(60-45-21-11-7-17-36(45)40-25-27-42-38-19-9-13-23-47(38)62-53(42)51(40)60)43(31-56)49(48(33(2)30-55)34-15-14-28-57-32-34)59-44-20-10-6-16-35(44)39-24-26-41-37-18-8-12-22-46(37)61-52(41)50(39)59/h4-29,32,54H,1H2,2-3H3/b29-5-,48-33+,49-43+. The molecular formula is C54H36N6S2. The lowest BCUT2D eigenvalue weighted by Gasteiger charge is -2.32. The molecule has 11 aromatic rings. The number of nitrogens with zero attached hydrogens (tertiary/aromatic N) is 6. The average molecular weight is 833 g/mol. The summed E-state index contributed by atoms with van der Waals surface area (Å²) in [6.45, 7) is 5.87. The van der Waals surface area contributed by atoms with Gasteiger partial charge in [0.15, 0.2) is 0 Å². The highest BCUT2D eigenvalue weighted by atomic mass is 32.1. The minimum atomic E-state index is -0.722. The number of para-hydroxylation sites is 2. The van der Waals surface area contributed by atoms with Crippen LogP contribution in [0.5, 0.6) is 0 Å². The summed E-state index contributed by atoms with van der Waals surface area (Å²) in [6.07, 6.45) is 8.46. The van der Waals surface area contributed by atoms with Gasteiger partial charge >= 0.3 is 0 Å². The Morgan fingerprint density at radius 2 is 1.23 bits per heavy atom. The lowest BCUT2D eigenvalue weighted by atomic mass is 9.94. The van der Waals surface area contributed by atoms with Crippen LogP contribution in [0.15, 0.2) is 182 Å². The normalized spacial score (nSPS) is 13.4. The van der Waals surface area contributed by atoms with Gasteiger partial charge in [-0.05, 0) is 43.3 Å². The molecule has 0 saturated carbocycles. The summed E-state index contributed by atoms with van der Waals surface area (Å²) < 4.78 is 9.24. The van der Waals surface area contributed by atoms with Crippen LogP contribution in [0.1, 0.15) is 18.7 Å². The number of rotatable bonds is 8. The predicted octanol–water partition coefficient (Wildman–Crippen LogP) is 14.6. The van der Waals surface area contributed by atoms with Gasteiger partial charge in [-0.3, -0.25) is 4.98 Å². The molecule has 0 aliphatic carbocycles. The Labute approximate surface area is 365 Å². The number of aromatic nitrogens is 3. The number of benzene rings is 6. The average Bonchev–Trinajstić information content (AvgIpc) is 4.07. The van der Waals surface area contributed by atoms with Crippen molar-refractivity contribution < 1.29 is 0 Å². The third-order valence-corrected chi connectivity index (χ3v) is 14.5. The van der Waals surface area contributed by atoms with Crippen molar-refractivity contribution >= 4 is 118 Å². The Hall–Kier alpha value is -7.75. The van der Waals surface area contributed by atoms with Crippen molar-refractivity contribution in [1.82, 2.24) is 19.0 Å². The van der Waals surface area contributed by atoms with Crippen LogP contribution in [0.3, 0.4) is 0 Å². The van der Waals surface area contributed by atoms with E-state index >= 15 is 0 Å². The van der Waals surface area contributed by atoms with Gasteiger partial charge in [0.2, 0.25) is 0 Å². The number of pyridine rings is 1. The smallest absolute Gasteiger partial charge is 0.144 e. The lowest BCUT2D eigenvalue weighted by Crippen LogP contribution is -2.28. The van der Waals surface area contributed by atoms with Gasteiger partial charge in [-0.25, -0.2) is 0 Å². The van der Waals surface area contributed by atoms with Crippen LogP contribution in [-0.2, 0) is 0 Å². The Bertz CT molecular complexity index is 3840. The SMILES string of the molecule is C=C/C=C\N(C)C(/C(C#N)=C(\C(=C(/C)C#N)c1cccnc1)n1c2ccccc2c2ccc3c4ccccc4sc3c21)n1c2ccccc2c2ccc3c4ccccc4sc3c21. The molecule has 0 saturated heterocycles. The number of fused-ring (bicyclic) bond motifs is 14. The first-order chi connectivity index (χ1) is 30.5. The molecule has 5 heterocycles. The largest absolute Gasteiger partial charge is 0.356 e. The molecule has 0 aliphatic rings. The van der Waals surface area contributed by atoms with E-state index in [0.29, 0.717) is 22.4 Å². The summed E-state index contributed by atoms with van der Waals surface area (Å²) in [5.41, 5.74) is 6.85. The molecule has 0 spiro atoms. The molecule has 8 heteroatoms. The predicted molar refractivity (Wildman–Crippen MR) is 262 cm³/mol. The van der Waals surface area contributed by atoms with Gasteiger partial charge < -0.3 is 14.0 Å². The molecule has 1 unspecified atom stereocenters. The monoisotopic (exact) mass is 832 g/mol. The zero-order valence-corrected chi connectivity index (χ0v) is 35.5. The molecule has 0 fully saturated rings. The second-order valence-electron chi connectivity index (χ2n) is 15.5. The highest BCUT2D eigenvalue weighted by molar-refractivity contribution is 7.27. The number of hydrogen-bond acceptors (Lipinski definition) is 6. The quantitative estimate of drug-likeness (QED) is 0.113. The van der Waals surface area contributed by atoms with Crippen LogP contribution in [0.2, 0.25) is 0 Å². The fourth-order valence-electron chi connectivity index (χ4n) is 9.47. The maximum absolute atomic E-state index is 12.2. The molecule has 0 aliphatic heterocycles. The van der Waals surface area contributed by atoms with Crippen LogP contribution in [0, 0.1) is 22.7 Å². The number of thiophene rings is 2. The maximum atomic E-state index is 12.2. The minimum Gasteiger partial charge on any atom is -0.356 e. The molecule has 6 nitrogen and oxygen atoms in total. The third-order valence-electron chi connectivity index (χ3n) is 12.1. The molecule has 11 rings (SSSR count). The van der Waals surface area contributed by atoms with E-state index in [4.69, 9.17) is 0 Å². The molecule has 1 atom stereocenters. The fraction of sp³-hybridized carbons (Fsp3) is 0.0556. The third kappa shape index (κ3) is 5.48. The molecule has 0 amide bonds. The Kier molecular flexibility index (Phi) is 8.87. The summed E-state index contributed by atoms with van der Waals surface area (Å²) >= 11 is 3.53. The van der Waals surface area contributed by atoms with Crippen molar-refractivity contribution in [2.45, 2.75) is 13.1 Å². The van der Waals surface area contributed by atoms with Crippen molar-refractivity contribution in [2.24, 2.45) is 0 Å². The second-order valence-corrected chi connectivity index (χ2v) is 17.6. The summed E-state index contributed by atoms with van der Waals surface area (Å²) in [5.74, 6) is 0. The number of likely N-dealkylation sites (N-methyl/N-ethyl adjacent to an activating group) is 1. The van der Waals surface area contributed by atoms with Crippen LogP contribution < -0.4 is 0 Å². The van der Waals surface area contributed by atoms with Crippen molar-refractivity contribution in [3.63, 3.8) is 0 Å². The Balaban J connectivity index is 1.39. The fourth-order valence-corrected chi connectivity index (χ4v) is 12.0. The molecule has 6 aromatic carbocycles. The highest BCUT2D eigenvalue weighted by Crippen LogP contribution is 2.49. The van der Waals surface area contributed by atoms with Gasteiger partial charge in [0.25, 0.3) is 0 Å². The molecular weight excluding hydrogens is 797 g/mol. The Morgan fingerprint density at radius 3 is 1.84 bits per heavy atom. The van der Waals surface area contributed by atoms with E-state index in [-0.39, 0.29) is 0 Å². The van der Waals surface area contributed by atoms with Crippen LogP contribution in [0.4, 0.5) is 0 Å². The summed E-state index contributed by atoms with van der Waals surface area (Å²) in [4.78, 5) is 6.69. The zero-order valence-electron chi connectivity index (χ0n) is 33.9. The van der Waals surface area contributed by atoms with Gasteiger partial charge in [0.1, 0.15) is 12.2 Å². The van der Waals surface area contributed by atoms with Crippen LogP contribution in [0.25, 0.3) is 95.2 Å². The molecule has 294 valence electrons. The number of hydrogen-bond donors (Lipinski definition) is 0. The minimum absolute atomic E-state index is 0.455. The van der Waals surface area contributed by atoms with Gasteiger partial charge in [0.05, 0.1) is 48.8 Å². The van der Waals surface area contributed by atoms with Crippen LogP contribution >= 0.6 is 22.7 Å². The summed E-state index contributed by atoms with van der Waals surface area (Å²) in [5, 5.41) is 32.2. The highest BCUT2D eigenvalue weighted by Gasteiger charge is 2.33. The van der Waals surface area contributed by atoms with Gasteiger partial charge in [-0.1, -0.05) is 116 Å². The van der Waals surface area contributed by atoms with Crippen molar-refractivity contribution in [2.75, 3.05) is 7.05 Å². The molecule has 0 N–H and O–H groups in total. The molecule has 0 bridgehead atoms. The van der Waals surface area contributed by atoms with E-state index in [9.17, 15) is 10.5 Å². The van der Waals surface area contributed by atoms with Crippen molar-refractivity contribution in [1.29, 1.82) is 10.5 Å². The maximum Gasteiger partial charge on any atom is 0.144 e. The van der Waals surface area contributed by atoms with E-state index in [1.807, 2.05) is 38.4 Å². The van der Waals surface area contributed by atoms with E-state index in [0.717, 1.165) is 64.0 Å². The van der Waals surface area contributed by atoms with Crippen LogP contribution in [-0.4, -0.2) is 26.1 Å². The topological polar surface area (TPSA) is 73.6 Å². The van der Waals surface area contributed by atoms with Gasteiger partial charge in [-0.15, -0.1) is 22.7 Å². The van der Waals surface area contributed by atoms with E-state index in [2.05, 4.69) is 159 Å². The van der Waals surface area contributed by atoms with E-state index < -0.39 is 6.17 Å². The molecule has 62 heavy (non-hydrogen) atoms. The van der Waals surface area contributed by atoms with Crippen molar-refractivity contribution in [3.8, 4) is 12.1 Å². The van der Waals surface area contributed by atoms with Gasteiger partial charge in [0, 0.05) is 94.8 Å². The number of nitriles is 2. The van der Waals surface area contributed by atoms with Crippen molar-refractivity contribution in [3.05, 3.63) is 187 Å². The first kappa shape index (κ1) is 37.3. The zero-order chi connectivity index (χ0) is 42.1. The second kappa shape index (κ2) is 14.8. The van der Waals surface area contributed by atoms with E-state index in [1.165, 1.54) is 25.6 Å². The summed E-state index contributed by atoms with van der Waals surface area (Å²) in [7, 11) is 2.02. The first-order valence-corrected chi connectivity index (χ1v) is 22.0. The van der Waals surface area contributed by atoms with E-state index in [1.54, 1.807) is 41.1 Å².